The largest absolute Gasteiger partial charge is 0.497 e. The molecule has 2 aromatic rings. The number of pyridine rings is 2. The normalized spacial score (nSPS) is 8.83. The zero-order valence-electron chi connectivity index (χ0n) is 10.7. The maximum atomic E-state index is 4.87. The molecule has 0 spiro atoms. The molecule has 0 aliphatic heterocycles. The van der Waals surface area contributed by atoms with Crippen LogP contribution in [0.25, 0.3) is 0 Å². The zero-order chi connectivity index (χ0) is 13.2. The van der Waals surface area contributed by atoms with Gasteiger partial charge in [0.15, 0.2) is 0 Å². The summed E-state index contributed by atoms with van der Waals surface area (Å²) in [5.41, 5.74) is 0. The molecular formula is C13H16N2O3. The van der Waals surface area contributed by atoms with E-state index in [1.807, 2.05) is 6.07 Å². The van der Waals surface area contributed by atoms with Gasteiger partial charge in [0, 0.05) is 24.5 Å². The van der Waals surface area contributed by atoms with E-state index in [0.29, 0.717) is 11.8 Å². The van der Waals surface area contributed by atoms with Crippen LogP contribution in [0.3, 0.4) is 0 Å². The molecule has 0 unspecified atom stereocenters. The van der Waals surface area contributed by atoms with Crippen molar-refractivity contribution in [2.45, 2.75) is 0 Å². The molecule has 0 aliphatic carbocycles. The van der Waals surface area contributed by atoms with Gasteiger partial charge in [-0.3, -0.25) is 4.98 Å². The van der Waals surface area contributed by atoms with Crippen molar-refractivity contribution in [2.24, 2.45) is 0 Å². The van der Waals surface area contributed by atoms with E-state index in [0.717, 1.165) is 5.75 Å². The summed E-state index contributed by atoms with van der Waals surface area (Å²) in [5.74, 6) is 1.98. The van der Waals surface area contributed by atoms with Crippen LogP contribution in [0.5, 0.6) is 17.5 Å². The van der Waals surface area contributed by atoms with E-state index in [2.05, 4.69) is 9.97 Å². The summed E-state index contributed by atoms with van der Waals surface area (Å²) in [4.78, 5) is 7.78. The second-order valence-corrected chi connectivity index (χ2v) is 3.11. The number of hydrogen-bond donors (Lipinski definition) is 0. The summed E-state index contributed by atoms with van der Waals surface area (Å²) < 4.78 is 14.6. The minimum Gasteiger partial charge on any atom is -0.497 e. The van der Waals surface area contributed by atoms with Crippen LogP contribution in [-0.2, 0) is 0 Å². The van der Waals surface area contributed by atoms with Gasteiger partial charge in [-0.1, -0.05) is 6.07 Å². The molecule has 0 fully saturated rings. The molecule has 0 aromatic carbocycles. The molecule has 0 atom stereocenters. The number of methoxy groups -OCH3 is 3. The molecule has 0 saturated heterocycles. The number of nitrogens with zero attached hydrogens (tertiary/aromatic N) is 2. The van der Waals surface area contributed by atoms with Gasteiger partial charge in [0.1, 0.15) is 5.75 Å². The van der Waals surface area contributed by atoms with Gasteiger partial charge in [-0.25, -0.2) is 0 Å². The van der Waals surface area contributed by atoms with Gasteiger partial charge in [0.2, 0.25) is 11.8 Å². The molecule has 18 heavy (non-hydrogen) atoms. The van der Waals surface area contributed by atoms with Crippen molar-refractivity contribution >= 4 is 0 Å². The molecule has 2 aromatic heterocycles. The third-order valence-electron chi connectivity index (χ3n) is 2.00. The highest BCUT2D eigenvalue weighted by Gasteiger charge is 1.93. The zero-order valence-corrected chi connectivity index (χ0v) is 10.7. The minimum absolute atomic E-state index is 0.569. The van der Waals surface area contributed by atoms with E-state index >= 15 is 0 Å². The Hall–Kier alpha value is -2.30. The molecule has 0 amide bonds. The highest BCUT2D eigenvalue weighted by atomic mass is 16.5. The maximum Gasteiger partial charge on any atom is 0.216 e. The fourth-order valence-corrected chi connectivity index (χ4v) is 1.10. The quantitative estimate of drug-likeness (QED) is 0.833. The van der Waals surface area contributed by atoms with Crippen LogP contribution in [0.1, 0.15) is 0 Å². The predicted molar refractivity (Wildman–Crippen MR) is 68.1 cm³/mol. The Morgan fingerprint density at radius 1 is 0.778 bits per heavy atom. The number of hydrogen-bond acceptors (Lipinski definition) is 5. The summed E-state index contributed by atoms with van der Waals surface area (Å²) in [6, 6.07) is 8.97. The van der Waals surface area contributed by atoms with Crippen molar-refractivity contribution in [1.82, 2.24) is 9.97 Å². The lowest BCUT2D eigenvalue weighted by molar-refractivity contribution is 0.364. The Morgan fingerprint density at radius 3 is 1.72 bits per heavy atom. The Balaban J connectivity index is 0.000000184. The van der Waals surface area contributed by atoms with E-state index in [-0.39, 0.29) is 0 Å². The molecule has 0 N–H and O–H groups in total. The highest BCUT2D eigenvalue weighted by Crippen LogP contribution is 2.11. The van der Waals surface area contributed by atoms with Crippen LogP contribution in [0.15, 0.2) is 42.7 Å². The van der Waals surface area contributed by atoms with Crippen molar-refractivity contribution in [2.75, 3.05) is 21.3 Å². The van der Waals surface area contributed by atoms with Gasteiger partial charge in [-0.05, 0) is 12.1 Å². The van der Waals surface area contributed by atoms with Crippen LogP contribution < -0.4 is 14.2 Å². The van der Waals surface area contributed by atoms with E-state index < -0.39 is 0 Å². The van der Waals surface area contributed by atoms with E-state index in [9.17, 15) is 0 Å². The smallest absolute Gasteiger partial charge is 0.216 e. The van der Waals surface area contributed by atoms with Gasteiger partial charge in [-0.2, -0.15) is 4.98 Å². The Morgan fingerprint density at radius 2 is 1.33 bits per heavy atom. The molecular weight excluding hydrogens is 232 g/mol. The van der Waals surface area contributed by atoms with Crippen molar-refractivity contribution in [1.29, 1.82) is 0 Å². The van der Waals surface area contributed by atoms with Crippen molar-refractivity contribution in [3.05, 3.63) is 42.7 Å². The Bertz CT molecular complexity index is 430. The number of ether oxygens (including phenoxy) is 3. The summed E-state index contributed by atoms with van der Waals surface area (Å²) in [5, 5.41) is 0. The standard InChI is InChI=1S/C7H9NO2.C6H7NO/c1-9-6-4-3-5-7(8-6)10-2;1-8-6-2-4-7-5-3-6/h3-5H,1-2H3;2-5H,1H3. The van der Waals surface area contributed by atoms with Gasteiger partial charge < -0.3 is 14.2 Å². The molecule has 0 bridgehead atoms. The summed E-state index contributed by atoms with van der Waals surface area (Å²) >= 11 is 0. The predicted octanol–water partition coefficient (Wildman–Crippen LogP) is 2.19. The molecule has 5 heteroatoms. The second kappa shape index (κ2) is 7.89. The molecule has 0 saturated carbocycles. The van der Waals surface area contributed by atoms with Gasteiger partial charge >= 0.3 is 0 Å². The molecule has 0 aliphatic rings. The molecule has 0 radical (unpaired) electrons. The Kier molecular flexibility index (Phi) is 6.03. The first kappa shape index (κ1) is 13.8. The number of rotatable bonds is 3. The first-order valence-corrected chi connectivity index (χ1v) is 5.29. The third kappa shape index (κ3) is 4.69. The molecule has 5 nitrogen and oxygen atoms in total. The summed E-state index contributed by atoms with van der Waals surface area (Å²) in [7, 11) is 4.78. The molecule has 2 rings (SSSR count). The fourth-order valence-electron chi connectivity index (χ4n) is 1.10. The molecule has 2 heterocycles. The SMILES string of the molecule is COc1cccc(OC)n1.COc1ccncc1. The van der Waals surface area contributed by atoms with Gasteiger partial charge in [-0.15, -0.1) is 0 Å². The first-order valence-electron chi connectivity index (χ1n) is 5.29. The van der Waals surface area contributed by atoms with Crippen molar-refractivity contribution in [3.8, 4) is 17.5 Å². The van der Waals surface area contributed by atoms with Gasteiger partial charge in [0.05, 0.1) is 21.3 Å². The van der Waals surface area contributed by atoms with Crippen LogP contribution in [0, 0.1) is 0 Å². The number of aromatic nitrogens is 2. The lowest BCUT2D eigenvalue weighted by Gasteiger charge is -1.99. The lowest BCUT2D eigenvalue weighted by Crippen LogP contribution is -1.90. The summed E-state index contributed by atoms with van der Waals surface area (Å²) in [6.45, 7) is 0. The topological polar surface area (TPSA) is 53.5 Å². The van der Waals surface area contributed by atoms with Crippen LogP contribution in [0.4, 0.5) is 0 Å². The first-order chi connectivity index (χ1) is 8.80. The fraction of sp³-hybridized carbons (Fsp3) is 0.231. The van der Waals surface area contributed by atoms with E-state index in [1.54, 1.807) is 58.0 Å². The van der Waals surface area contributed by atoms with Crippen LogP contribution in [0.2, 0.25) is 0 Å². The van der Waals surface area contributed by atoms with Gasteiger partial charge in [0.25, 0.3) is 0 Å². The maximum absolute atomic E-state index is 4.87. The monoisotopic (exact) mass is 248 g/mol. The summed E-state index contributed by atoms with van der Waals surface area (Å²) in [6.07, 6.45) is 3.39. The van der Waals surface area contributed by atoms with Crippen molar-refractivity contribution < 1.29 is 14.2 Å². The second-order valence-electron chi connectivity index (χ2n) is 3.11. The molecule has 96 valence electrons. The van der Waals surface area contributed by atoms with E-state index in [1.165, 1.54) is 0 Å². The highest BCUT2D eigenvalue weighted by molar-refractivity contribution is 5.19. The average molecular weight is 248 g/mol. The van der Waals surface area contributed by atoms with Crippen LogP contribution >= 0.6 is 0 Å². The lowest BCUT2D eigenvalue weighted by atomic mass is 10.5. The van der Waals surface area contributed by atoms with E-state index in [4.69, 9.17) is 14.2 Å². The van der Waals surface area contributed by atoms with Crippen molar-refractivity contribution in [3.63, 3.8) is 0 Å². The minimum atomic E-state index is 0.569. The third-order valence-corrected chi connectivity index (χ3v) is 2.00. The average Bonchev–Trinajstić information content (AvgIpc) is 2.48. The van der Waals surface area contributed by atoms with Crippen LogP contribution in [-0.4, -0.2) is 31.3 Å². The Labute approximate surface area is 106 Å².